The van der Waals surface area contributed by atoms with Crippen LogP contribution in [0.2, 0.25) is 0 Å². The number of anilines is 1. The van der Waals surface area contributed by atoms with Crippen LogP contribution < -0.4 is 10.6 Å². The van der Waals surface area contributed by atoms with E-state index in [1.807, 2.05) is 13.8 Å². The molecule has 0 saturated heterocycles. The van der Waals surface area contributed by atoms with E-state index in [4.69, 9.17) is 0 Å². The van der Waals surface area contributed by atoms with Gasteiger partial charge in [0.1, 0.15) is 6.04 Å². The van der Waals surface area contributed by atoms with Gasteiger partial charge in [0.25, 0.3) is 5.91 Å². The van der Waals surface area contributed by atoms with Crippen LogP contribution in [-0.4, -0.2) is 28.9 Å². The van der Waals surface area contributed by atoms with Gasteiger partial charge in [-0.1, -0.05) is 13.8 Å². The first-order valence-corrected chi connectivity index (χ1v) is 7.83. The molecule has 2 amide bonds. The Labute approximate surface area is 135 Å². The number of carbonyl (C=O) groups excluding carboxylic acids is 2. The van der Waals surface area contributed by atoms with Gasteiger partial charge in [-0.2, -0.15) is 0 Å². The first-order valence-electron chi connectivity index (χ1n) is 7.83. The highest BCUT2D eigenvalue weighted by atomic mass is 16.4. The summed E-state index contributed by atoms with van der Waals surface area (Å²) in [6, 6.07) is 4.13. The maximum absolute atomic E-state index is 12.3. The van der Waals surface area contributed by atoms with Gasteiger partial charge in [0, 0.05) is 17.7 Å². The molecule has 2 rings (SSSR count). The number of carboxylic acids is 1. The zero-order valence-corrected chi connectivity index (χ0v) is 13.4. The molecule has 0 fully saturated rings. The van der Waals surface area contributed by atoms with E-state index >= 15 is 0 Å². The fourth-order valence-corrected chi connectivity index (χ4v) is 2.65. The van der Waals surface area contributed by atoms with Crippen molar-refractivity contribution >= 4 is 23.5 Å². The van der Waals surface area contributed by atoms with Crippen molar-refractivity contribution < 1.29 is 19.5 Å². The van der Waals surface area contributed by atoms with Gasteiger partial charge in [-0.25, -0.2) is 4.79 Å². The molecule has 6 heteroatoms. The molecule has 0 bridgehead atoms. The van der Waals surface area contributed by atoms with Crippen LogP contribution in [0.25, 0.3) is 0 Å². The summed E-state index contributed by atoms with van der Waals surface area (Å²) in [5, 5.41) is 14.6. The van der Waals surface area contributed by atoms with Crippen LogP contribution in [0.15, 0.2) is 18.2 Å². The Kier molecular flexibility index (Phi) is 5.36. The molecule has 0 spiro atoms. The molecular weight excluding hydrogens is 296 g/mol. The van der Waals surface area contributed by atoms with Gasteiger partial charge in [0.15, 0.2) is 0 Å². The van der Waals surface area contributed by atoms with Gasteiger partial charge < -0.3 is 15.7 Å². The summed E-state index contributed by atoms with van der Waals surface area (Å²) in [6.45, 7) is 3.82. The van der Waals surface area contributed by atoms with Gasteiger partial charge in [-0.3, -0.25) is 9.59 Å². The van der Waals surface area contributed by atoms with Crippen molar-refractivity contribution in [2.75, 3.05) is 5.32 Å². The van der Waals surface area contributed by atoms with Crippen LogP contribution in [-0.2, 0) is 16.0 Å². The van der Waals surface area contributed by atoms with E-state index in [1.165, 1.54) is 0 Å². The minimum atomic E-state index is -1.03. The minimum absolute atomic E-state index is 0.0242. The van der Waals surface area contributed by atoms with Crippen molar-refractivity contribution in [3.05, 3.63) is 29.3 Å². The maximum atomic E-state index is 12.3. The average molecular weight is 318 g/mol. The maximum Gasteiger partial charge on any atom is 0.326 e. The number of amides is 2. The monoisotopic (exact) mass is 318 g/mol. The second-order valence-electron chi connectivity index (χ2n) is 6.27. The lowest BCUT2D eigenvalue weighted by molar-refractivity contribution is -0.139. The molecule has 1 aliphatic heterocycles. The standard InChI is InChI=1S/C17H22N2O4/c1-10(2)8-14(17(22)23)19-16(21)12-6-7-13-11(9-12)4-3-5-15(20)18-13/h6-7,9-10,14H,3-5,8H2,1-2H3,(H,18,20)(H,19,21)(H,22,23). The Balaban J connectivity index is 2.15. The lowest BCUT2D eigenvalue weighted by atomic mass is 10.0. The predicted octanol–water partition coefficient (Wildman–Crippen LogP) is 2.19. The molecule has 0 aromatic heterocycles. The highest BCUT2D eigenvalue weighted by molar-refractivity contribution is 5.98. The quantitative estimate of drug-likeness (QED) is 0.775. The van der Waals surface area contributed by atoms with Crippen LogP contribution in [0.1, 0.15) is 49.0 Å². The van der Waals surface area contributed by atoms with Gasteiger partial charge in [-0.15, -0.1) is 0 Å². The Hall–Kier alpha value is -2.37. The molecule has 1 aromatic rings. The van der Waals surface area contributed by atoms with E-state index in [-0.39, 0.29) is 11.8 Å². The molecule has 23 heavy (non-hydrogen) atoms. The van der Waals surface area contributed by atoms with Crippen molar-refractivity contribution in [2.24, 2.45) is 5.92 Å². The van der Waals surface area contributed by atoms with Crippen molar-refractivity contribution in [1.82, 2.24) is 5.32 Å². The molecule has 0 saturated carbocycles. The van der Waals surface area contributed by atoms with Gasteiger partial charge in [0.2, 0.25) is 5.91 Å². The fourth-order valence-electron chi connectivity index (χ4n) is 2.65. The molecule has 0 radical (unpaired) electrons. The molecule has 6 nitrogen and oxygen atoms in total. The van der Waals surface area contributed by atoms with Crippen LogP contribution in [0.5, 0.6) is 0 Å². The number of benzene rings is 1. The predicted molar refractivity (Wildman–Crippen MR) is 86.4 cm³/mol. The third-order valence-corrected chi connectivity index (χ3v) is 3.80. The highest BCUT2D eigenvalue weighted by Gasteiger charge is 2.22. The Bertz CT molecular complexity index is 625. The molecular formula is C17H22N2O4. The Morgan fingerprint density at radius 2 is 2.04 bits per heavy atom. The lowest BCUT2D eigenvalue weighted by Gasteiger charge is -2.17. The zero-order valence-electron chi connectivity index (χ0n) is 13.4. The molecule has 3 N–H and O–H groups in total. The number of carboxylic acid groups (broad SMARTS) is 1. The fraction of sp³-hybridized carbons (Fsp3) is 0.471. The molecule has 1 heterocycles. The summed E-state index contributed by atoms with van der Waals surface area (Å²) in [4.78, 5) is 35.1. The summed E-state index contributed by atoms with van der Waals surface area (Å²) in [5.74, 6) is -1.30. The highest BCUT2D eigenvalue weighted by Crippen LogP contribution is 2.23. The molecule has 1 aromatic carbocycles. The Morgan fingerprint density at radius 3 is 2.70 bits per heavy atom. The van der Waals surface area contributed by atoms with Crippen molar-refractivity contribution in [2.45, 2.75) is 45.6 Å². The third kappa shape index (κ3) is 4.55. The first-order chi connectivity index (χ1) is 10.9. The van der Waals surface area contributed by atoms with Gasteiger partial charge >= 0.3 is 5.97 Å². The topological polar surface area (TPSA) is 95.5 Å². The van der Waals surface area contributed by atoms with E-state index < -0.39 is 17.9 Å². The summed E-state index contributed by atoms with van der Waals surface area (Å²) in [6.07, 6.45) is 2.28. The molecule has 124 valence electrons. The number of aryl methyl sites for hydroxylation is 1. The minimum Gasteiger partial charge on any atom is -0.480 e. The Morgan fingerprint density at radius 1 is 1.30 bits per heavy atom. The van der Waals surface area contributed by atoms with E-state index in [1.54, 1.807) is 18.2 Å². The number of hydrogen-bond acceptors (Lipinski definition) is 3. The molecule has 1 atom stereocenters. The largest absolute Gasteiger partial charge is 0.480 e. The SMILES string of the molecule is CC(C)CC(NC(=O)c1ccc2c(c1)CCCC(=O)N2)C(=O)O. The normalized spacial score (nSPS) is 15.3. The van der Waals surface area contributed by atoms with E-state index in [2.05, 4.69) is 10.6 Å². The first kappa shape index (κ1) is 17.0. The molecule has 0 aliphatic carbocycles. The summed E-state index contributed by atoms with van der Waals surface area (Å²) in [5.41, 5.74) is 2.04. The van der Waals surface area contributed by atoms with Crippen LogP contribution in [0.3, 0.4) is 0 Å². The van der Waals surface area contributed by atoms with Crippen molar-refractivity contribution in [1.29, 1.82) is 0 Å². The number of aliphatic carboxylic acids is 1. The second kappa shape index (κ2) is 7.26. The molecule has 1 aliphatic rings. The van der Waals surface area contributed by atoms with Gasteiger partial charge in [-0.05, 0) is 48.9 Å². The second-order valence-corrected chi connectivity index (χ2v) is 6.27. The van der Waals surface area contributed by atoms with Crippen LogP contribution >= 0.6 is 0 Å². The average Bonchev–Trinajstić information content (AvgIpc) is 2.65. The summed E-state index contributed by atoms with van der Waals surface area (Å²) >= 11 is 0. The van der Waals surface area contributed by atoms with Crippen LogP contribution in [0, 0.1) is 5.92 Å². The number of hydrogen-bond donors (Lipinski definition) is 3. The van der Waals surface area contributed by atoms with E-state index in [0.29, 0.717) is 24.8 Å². The zero-order chi connectivity index (χ0) is 17.0. The lowest BCUT2D eigenvalue weighted by Crippen LogP contribution is -2.41. The third-order valence-electron chi connectivity index (χ3n) is 3.80. The number of nitrogens with one attached hydrogen (secondary N) is 2. The van der Waals surface area contributed by atoms with E-state index in [0.717, 1.165) is 17.7 Å². The van der Waals surface area contributed by atoms with Crippen LogP contribution in [0.4, 0.5) is 5.69 Å². The van der Waals surface area contributed by atoms with E-state index in [9.17, 15) is 19.5 Å². The summed E-state index contributed by atoms with van der Waals surface area (Å²) in [7, 11) is 0. The number of fused-ring (bicyclic) bond motifs is 1. The smallest absolute Gasteiger partial charge is 0.326 e. The van der Waals surface area contributed by atoms with Crippen molar-refractivity contribution in [3.8, 4) is 0 Å². The summed E-state index contributed by atoms with van der Waals surface area (Å²) < 4.78 is 0. The van der Waals surface area contributed by atoms with Crippen molar-refractivity contribution in [3.63, 3.8) is 0 Å². The van der Waals surface area contributed by atoms with Gasteiger partial charge in [0.05, 0.1) is 0 Å². The number of rotatable bonds is 5. The number of carbonyl (C=O) groups is 3. The molecule has 1 unspecified atom stereocenters.